The third kappa shape index (κ3) is 10.2. The fraction of sp³-hybridized carbons (Fsp3) is 0.704. The number of amides is 2. The van der Waals surface area contributed by atoms with Crippen LogP contribution in [-0.4, -0.2) is 47.8 Å². The number of nitrogens with one attached hydrogen (secondary N) is 1. The van der Waals surface area contributed by atoms with Crippen molar-refractivity contribution in [3.8, 4) is 0 Å². The van der Waals surface area contributed by atoms with Crippen molar-refractivity contribution in [2.45, 2.75) is 91.2 Å². The van der Waals surface area contributed by atoms with Crippen LogP contribution in [0.1, 0.15) is 82.8 Å². The van der Waals surface area contributed by atoms with E-state index in [1.165, 1.54) is 5.56 Å². The Morgan fingerprint density at radius 2 is 1.97 bits per heavy atom. The first-order valence-corrected chi connectivity index (χ1v) is 12.9. The molecule has 0 spiro atoms. The molecule has 0 bridgehead atoms. The molecule has 1 aliphatic rings. The Hall–Kier alpha value is -2.08. The lowest BCUT2D eigenvalue weighted by atomic mass is 9.82. The van der Waals surface area contributed by atoms with Crippen LogP contribution in [-0.2, 0) is 16.1 Å². The lowest BCUT2D eigenvalue weighted by Gasteiger charge is -2.31. The molecular weight excluding hydrogens is 416 g/mol. The fourth-order valence-corrected chi connectivity index (χ4v) is 4.57. The molecule has 3 atom stereocenters. The average molecular weight is 461 g/mol. The van der Waals surface area contributed by atoms with Crippen molar-refractivity contribution in [1.29, 1.82) is 0 Å². The van der Waals surface area contributed by atoms with Gasteiger partial charge in [0.15, 0.2) is 0 Å². The summed E-state index contributed by atoms with van der Waals surface area (Å²) in [5.41, 5.74) is 2.33. The lowest BCUT2D eigenvalue weighted by Crippen LogP contribution is -2.42. The first-order chi connectivity index (χ1) is 15.9. The Labute approximate surface area is 200 Å². The summed E-state index contributed by atoms with van der Waals surface area (Å²) in [4.78, 5) is 25.9. The van der Waals surface area contributed by atoms with E-state index in [1.807, 2.05) is 11.8 Å². The van der Waals surface area contributed by atoms with Crippen molar-refractivity contribution in [3.05, 3.63) is 35.4 Å². The van der Waals surface area contributed by atoms with E-state index in [0.29, 0.717) is 38.6 Å². The van der Waals surface area contributed by atoms with Gasteiger partial charge in [-0.25, -0.2) is 4.79 Å². The molecule has 186 valence electrons. The number of aryl methyl sites for hydroxylation is 1. The maximum absolute atomic E-state index is 12.8. The third-order valence-corrected chi connectivity index (χ3v) is 6.80. The summed E-state index contributed by atoms with van der Waals surface area (Å²) in [5.74, 6) is -0.363. The molecule has 2 N–H and O–H groups in total. The molecule has 1 aromatic rings. The first-order valence-electron chi connectivity index (χ1n) is 12.9. The lowest BCUT2D eigenvalue weighted by molar-refractivity contribution is -0.142. The maximum Gasteiger partial charge on any atom is 0.317 e. The number of carbonyl (C=O) groups excluding carboxylic acids is 1. The first kappa shape index (κ1) is 27.2. The van der Waals surface area contributed by atoms with Gasteiger partial charge in [0.1, 0.15) is 0 Å². The van der Waals surface area contributed by atoms with Crippen LogP contribution < -0.4 is 5.32 Å². The molecule has 0 aliphatic heterocycles. The summed E-state index contributed by atoms with van der Waals surface area (Å²) in [6, 6.07) is 8.28. The van der Waals surface area contributed by atoms with Crippen molar-refractivity contribution in [2.24, 2.45) is 11.8 Å². The number of hydrogen-bond acceptors (Lipinski definition) is 3. The Morgan fingerprint density at radius 1 is 1.21 bits per heavy atom. The van der Waals surface area contributed by atoms with Crippen LogP contribution >= 0.6 is 0 Å². The predicted molar refractivity (Wildman–Crippen MR) is 132 cm³/mol. The van der Waals surface area contributed by atoms with E-state index < -0.39 is 5.97 Å². The van der Waals surface area contributed by atoms with Crippen LogP contribution in [0.4, 0.5) is 4.79 Å². The minimum absolute atomic E-state index is 0.0339. The molecule has 1 aliphatic carbocycles. The van der Waals surface area contributed by atoms with E-state index >= 15 is 0 Å². The zero-order valence-corrected chi connectivity index (χ0v) is 20.9. The standard InChI is InChI=1S/C27H44N2O4/c1-4-6-16-28-27(32)29(20-23-12-10-21(3)11-13-23)17-18-33-25-9-7-8-22(19-25)14-15-24(5-2)26(30)31/h10-13,22,24-25H,4-9,14-20H2,1-3H3,(H,28,32)(H,30,31). The van der Waals surface area contributed by atoms with Crippen molar-refractivity contribution >= 4 is 12.0 Å². The van der Waals surface area contributed by atoms with Crippen molar-refractivity contribution in [1.82, 2.24) is 10.2 Å². The average Bonchev–Trinajstić information content (AvgIpc) is 2.80. The third-order valence-electron chi connectivity index (χ3n) is 6.80. The molecule has 3 unspecified atom stereocenters. The molecular formula is C27H44N2O4. The second kappa shape index (κ2) is 14.9. The van der Waals surface area contributed by atoms with E-state index in [2.05, 4.69) is 43.4 Å². The molecule has 1 fully saturated rings. The fourth-order valence-electron chi connectivity index (χ4n) is 4.57. The van der Waals surface area contributed by atoms with E-state index in [-0.39, 0.29) is 18.1 Å². The van der Waals surface area contributed by atoms with Gasteiger partial charge in [-0.2, -0.15) is 0 Å². The molecule has 0 heterocycles. The Balaban J connectivity index is 1.83. The zero-order valence-electron chi connectivity index (χ0n) is 20.9. The molecule has 2 amide bonds. The van der Waals surface area contributed by atoms with Gasteiger partial charge in [0.2, 0.25) is 0 Å². The number of hydrogen-bond donors (Lipinski definition) is 2. The van der Waals surface area contributed by atoms with Gasteiger partial charge in [-0.1, -0.05) is 62.9 Å². The number of ether oxygens (including phenoxy) is 1. The highest BCUT2D eigenvalue weighted by Crippen LogP contribution is 2.31. The van der Waals surface area contributed by atoms with Gasteiger partial charge in [0, 0.05) is 19.6 Å². The Morgan fingerprint density at radius 3 is 2.64 bits per heavy atom. The maximum atomic E-state index is 12.8. The van der Waals surface area contributed by atoms with Crippen molar-refractivity contribution in [2.75, 3.05) is 19.7 Å². The summed E-state index contributed by atoms with van der Waals surface area (Å²) < 4.78 is 6.22. The van der Waals surface area contributed by atoms with Crippen LogP contribution in [0.25, 0.3) is 0 Å². The highest BCUT2D eigenvalue weighted by atomic mass is 16.5. The van der Waals surface area contributed by atoms with Crippen molar-refractivity contribution < 1.29 is 19.4 Å². The molecule has 0 aromatic heterocycles. The Bertz CT molecular complexity index is 707. The molecule has 1 saturated carbocycles. The second-order valence-corrected chi connectivity index (χ2v) is 9.54. The molecule has 6 heteroatoms. The van der Waals surface area contributed by atoms with Crippen LogP contribution in [0, 0.1) is 18.8 Å². The van der Waals surface area contributed by atoms with Crippen LogP contribution in [0.5, 0.6) is 0 Å². The van der Waals surface area contributed by atoms with Gasteiger partial charge in [-0.15, -0.1) is 0 Å². The zero-order chi connectivity index (χ0) is 24.1. The molecule has 2 rings (SSSR count). The van der Waals surface area contributed by atoms with Gasteiger partial charge < -0.3 is 20.1 Å². The van der Waals surface area contributed by atoms with Gasteiger partial charge >= 0.3 is 12.0 Å². The smallest absolute Gasteiger partial charge is 0.317 e. The van der Waals surface area contributed by atoms with Gasteiger partial charge in [-0.05, 0) is 56.9 Å². The summed E-state index contributed by atoms with van der Waals surface area (Å²) in [6.45, 7) is 8.48. The van der Waals surface area contributed by atoms with E-state index in [9.17, 15) is 14.7 Å². The van der Waals surface area contributed by atoms with Crippen molar-refractivity contribution in [3.63, 3.8) is 0 Å². The number of carboxylic acids is 1. The topological polar surface area (TPSA) is 78.9 Å². The van der Waals surface area contributed by atoms with E-state index in [1.54, 1.807) is 0 Å². The van der Waals surface area contributed by atoms with Crippen LogP contribution in [0.15, 0.2) is 24.3 Å². The van der Waals surface area contributed by atoms with E-state index in [0.717, 1.165) is 56.9 Å². The predicted octanol–water partition coefficient (Wildman–Crippen LogP) is 5.77. The quantitative estimate of drug-likeness (QED) is 0.345. The number of carbonyl (C=O) groups is 2. The monoisotopic (exact) mass is 460 g/mol. The van der Waals surface area contributed by atoms with Gasteiger partial charge in [-0.3, -0.25) is 4.79 Å². The largest absolute Gasteiger partial charge is 0.481 e. The van der Waals surface area contributed by atoms with Crippen LogP contribution in [0.2, 0.25) is 0 Å². The van der Waals surface area contributed by atoms with Gasteiger partial charge in [0.25, 0.3) is 0 Å². The molecule has 33 heavy (non-hydrogen) atoms. The molecule has 1 aromatic carbocycles. The minimum atomic E-state index is -0.674. The number of urea groups is 1. The number of nitrogens with zero attached hydrogens (tertiary/aromatic N) is 1. The highest BCUT2D eigenvalue weighted by molar-refractivity contribution is 5.74. The van der Waals surface area contributed by atoms with E-state index in [4.69, 9.17) is 4.74 Å². The number of carboxylic acid groups (broad SMARTS) is 1. The summed E-state index contributed by atoms with van der Waals surface area (Å²) in [7, 11) is 0. The van der Waals surface area contributed by atoms with Crippen LogP contribution in [0.3, 0.4) is 0 Å². The number of unbranched alkanes of at least 4 members (excludes halogenated alkanes) is 1. The second-order valence-electron chi connectivity index (χ2n) is 9.54. The minimum Gasteiger partial charge on any atom is -0.481 e. The van der Waals surface area contributed by atoms with Gasteiger partial charge in [0.05, 0.1) is 18.6 Å². The number of aliphatic carboxylic acids is 1. The summed E-state index contributed by atoms with van der Waals surface area (Å²) >= 11 is 0. The Kier molecular flexibility index (Phi) is 12.3. The number of benzene rings is 1. The number of rotatable bonds is 14. The summed E-state index contributed by atoms with van der Waals surface area (Å²) in [6.07, 6.45) is 8.98. The summed E-state index contributed by atoms with van der Waals surface area (Å²) in [5, 5.41) is 12.3. The normalized spacial score (nSPS) is 19.1. The molecule has 0 radical (unpaired) electrons. The highest BCUT2D eigenvalue weighted by Gasteiger charge is 2.25. The molecule has 0 saturated heterocycles. The SMILES string of the molecule is CCCCNC(=O)N(CCOC1CCCC(CCC(CC)C(=O)O)C1)Cc1ccc(C)cc1. The molecule has 6 nitrogen and oxygen atoms in total.